The molecule has 2 N–H and O–H groups in total. The molecule has 0 fully saturated rings. The van der Waals surface area contributed by atoms with E-state index in [-0.39, 0.29) is 6.42 Å². The van der Waals surface area contributed by atoms with E-state index >= 15 is 0 Å². The van der Waals surface area contributed by atoms with E-state index in [9.17, 15) is 13.2 Å². The lowest BCUT2D eigenvalue weighted by Crippen LogP contribution is -2.25. The van der Waals surface area contributed by atoms with Gasteiger partial charge in [-0.15, -0.1) is 0 Å². The van der Waals surface area contributed by atoms with Crippen molar-refractivity contribution in [3.8, 4) is 6.07 Å². The van der Waals surface area contributed by atoms with Crippen LogP contribution in [-0.2, 0) is 14.8 Å². The molecule has 0 saturated carbocycles. The van der Waals surface area contributed by atoms with Crippen molar-refractivity contribution in [3.05, 3.63) is 35.4 Å². The maximum absolute atomic E-state index is 11.9. The number of carbonyl (C=O) groups is 1. The summed E-state index contributed by atoms with van der Waals surface area (Å²) in [5, 5.41) is 16.3. The predicted octanol–water partition coefficient (Wildman–Crippen LogP) is 2.14. The zero-order valence-corrected chi connectivity index (χ0v) is 12.5. The van der Waals surface area contributed by atoms with Crippen molar-refractivity contribution in [3.63, 3.8) is 0 Å². The standard InChI is InChI=1S/C14H16N2O4S/c1-3-13(9-15)21(19,20)16-12-6-4-11(10(2)8-12)5-7-14(17)18/h4-8,13,16H,3H2,1-2H3,(H,17,18). The monoisotopic (exact) mass is 308 g/mol. The van der Waals surface area contributed by atoms with E-state index in [0.717, 1.165) is 11.6 Å². The van der Waals surface area contributed by atoms with Crippen LogP contribution in [0.3, 0.4) is 0 Å². The predicted molar refractivity (Wildman–Crippen MR) is 80.1 cm³/mol. The van der Waals surface area contributed by atoms with Crippen LogP contribution in [0.1, 0.15) is 24.5 Å². The molecule has 0 aliphatic carbocycles. The fourth-order valence-corrected chi connectivity index (χ4v) is 2.88. The molecule has 1 unspecified atom stereocenters. The van der Waals surface area contributed by atoms with E-state index in [4.69, 9.17) is 10.4 Å². The smallest absolute Gasteiger partial charge is 0.328 e. The van der Waals surface area contributed by atoms with E-state index < -0.39 is 21.2 Å². The second-order valence-electron chi connectivity index (χ2n) is 4.42. The van der Waals surface area contributed by atoms with Crippen LogP contribution < -0.4 is 4.72 Å². The number of nitrogens with one attached hydrogen (secondary N) is 1. The van der Waals surface area contributed by atoms with Crippen LogP contribution in [0, 0.1) is 18.3 Å². The second kappa shape index (κ2) is 6.90. The summed E-state index contributed by atoms with van der Waals surface area (Å²) < 4.78 is 26.3. The fraction of sp³-hybridized carbons (Fsp3) is 0.286. The van der Waals surface area contributed by atoms with Crippen molar-refractivity contribution in [2.45, 2.75) is 25.5 Å². The highest BCUT2D eigenvalue weighted by atomic mass is 32.2. The highest BCUT2D eigenvalue weighted by Gasteiger charge is 2.23. The zero-order valence-electron chi connectivity index (χ0n) is 11.7. The van der Waals surface area contributed by atoms with E-state index in [2.05, 4.69) is 4.72 Å². The fourth-order valence-electron chi connectivity index (χ4n) is 1.70. The second-order valence-corrected chi connectivity index (χ2v) is 6.28. The number of hydrogen-bond acceptors (Lipinski definition) is 4. The Morgan fingerprint density at radius 3 is 2.67 bits per heavy atom. The number of carboxylic acids is 1. The molecule has 1 rings (SSSR count). The van der Waals surface area contributed by atoms with E-state index in [0.29, 0.717) is 11.3 Å². The number of nitrogens with zero attached hydrogens (tertiary/aromatic N) is 1. The lowest BCUT2D eigenvalue weighted by Gasteiger charge is -2.12. The molecule has 0 aliphatic heterocycles. The van der Waals surface area contributed by atoms with Gasteiger partial charge in [-0.25, -0.2) is 13.2 Å². The highest BCUT2D eigenvalue weighted by Crippen LogP contribution is 2.19. The third-order valence-corrected chi connectivity index (χ3v) is 4.53. The summed E-state index contributed by atoms with van der Waals surface area (Å²) in [5.74, 6) is -1.06. The van der Waals surface area contributed by atoms with Gasteiger partial charge in [0, 0.05) is 11.8 Å². The van der Waals surface area contributed by atoms with Crippen LogP contribution in [0.2, 0.25) is 0 Å². The summed E-state index contributed by atoms with van der Waals surface area (Å²) in [6.07, 6.45) is 2.64. The summed E-state index contributed by atoms with van der Waals surface area (Å²) in [6.45, 7) is 3.36. The Morgan fingerprint density at radius 1 is 1.52 bits per heavy atom. The van der Waals surface area contributed by atoms with Crippen LogP contribution in [0.4, 0.5) is 5.69 Å². The van der Waals surface area contributed by atoms with Crippen LogP contribution in [-0.4, -0.2) is 24.7 Å². The zero-order chi connectivity index (χ0) is 16.0. The SMILES string of the molecule is CCC(C#N)S(=O)(=O)Nc1ccc(C=CC(=O)O)c(C)c1. The van der Waals surface area contributed by atoms with Crippen molar-refractivity contribution in [2.24, 2.45) is 0 Å². The number of aryl methyl sites for hydroxylation is 1. The first-order valence-corrected chi connectivity index (χ1v) is 7.77. The topological polar surface area (TPSA) is 107 Å². The van der Waals surface area contributed by atoms with Gasteiger partial charge in [0.1, 0.15) is 0 Å². The van der Waals surface area contributed by atoms with Gasteiger partial charge in [0.2, 0.25) is 10.0 Å². The molecule has 0 heterocycles. The number of carboxylic acid groups (broad SMARTS) is 1. The number of sulfonamides is 1. The van der Waals surface area contributed by atoms with Gasteiger partial charge in [-0.1, -0.05) is 13.0 Å². The maximum Gasteiger partial charge on any atom is 0.328 e. The number of benzene rings is 1. The molecule has 0 amide bonds. The Morgan fingerprint density at radius 2 is 2.19 bits per heavy atom. The molecule has 0 spiro atoms. The Labute approximate surface area is 123 Å². The largest absolute Gasteiger partial charge is 0.478 e. The summed E-state index contributed by atoms with van der Waals surface area (Å²) in [6, 6.07) is 6.47. The van der Waals surface area contributed by atoms with Gasteiger partial charge in [-0.05, 0) is 42.7 Å². The van der Waals surface area contributed by atoms with Crippen LogP contribution in [0.5, 0.6) is 0 Å². The minimum absolute atomic E-state index is 0.199. The summed E-state index contributed by atoms with van der Waals surface area (Å²) in [4.78, 5) is 10.5. The average molecular weight is 308 g/mol. The van der Waals surface area contributed by atoms with E-state index in [1.807, 2.05) is 0 Å². The average Bonchev–Trinajstić information content (AvgIpc) is 2.38. The van der Waals surface area contributed by atoms with Gasteiger partial charge < -0.3 is 5.11 Å². The molecule has 0 radical (unpaired) electrons. The molecule has 7 heteroatoms. The molecule has 0 saturated heterocycles. The third-order valence-electron chi connectivity index (χ3n) is 2.82. The normalized spacial score (nSPS) is 12.8. The van der Waals surface area contributed by atoms with Crippen LogP contribution >= 0.6 is 0 Å². The van der Waals surface area contributed by atoms with E-state index in [1.165, 1.54) is 12.1 Å². The molecular formula is C14H16N2O4S. The van der Waals surface area contributed by atoms with Crippen molar-refractivity contribution >= 4 is 27.8 Å². The first kappa shape index (κ1) is 16.7. The Kier molecular flexibility index (Phi) is 5.50. The molecule has 0 aromatic heterocycles. The Balaban J connectivity index is 3.01. The molecule has 1 aromatic rings. The number of rotatable bonds is 6. The van der Waals surface area contributed by atoms with Crippen LogP contribution in [0.25, 0.3) is 6.08 Å². The highest BCUT2D eigenvalue weighted by molar-refractivity contribution is 7.93. The van der Waals surface area contributed by atoms with Gasteiger partial charge in [0.15, 0.2) is 5.25 Å². The first-order chi connectivity index (χ1) is 9.80. The number of anilines is 1. The van der Waals surface area contributed by atoms with Crippen LogP contribution in [0.15, 0.2) is 24.3 Å². The number of aliphatic carboxylic acids is 1. The molecule has 6 nitrogen and oxygen atoms in total. The molecule has 0 bridgehead atoms. The maximum atomic E-state index is 11.9. The minimum atomic E-state index is -3.75. The van der Waals surface area contributed by atoms with Crippen molar-refractivity contribution in [1.82, 2.24) is 0 Å². The van der Waals surface area contributed by atoms with Crippen molar-refractivity contribution in [2.75, 3.05) is 4.72 Å². The molecule has 112 valence electrons. The molecular weight excluding hydrogens is 292 g/mol. The summed E-state index contributed by atoms with van der Waals surface area (Å²) in [7, 11) is -3.75. The molecule has 0 aliphatic rings. The van der Waals surface area contributed by atoms with E-state index in [1.54, 1.807) is 32.0 Å². The Hall–Kier alpha value is -2.33. The summed E-state index contributed by atoms with van der Waals surface area (Å²) in [5.41, 5.74) is 1.74. The van der Waals surface area contributed by atoms with Gasteiger partial charge in [-0.3, -0.25) is 4.72 Å². The van der Waals surface area contributed by atoms with Gasteiger partial charge in [-0.2, -0.15) is 5.26 Å². The van der Waals surface area contributed by atoms with Gasteiger partial charge in [0.05, 0.1) is 6.07 Å². The van der Waals surface area contributed by atoms with Crippen molar-refractivity contribution < 1.29 is 18.3 Å². The van der Waals surface area contributed by atoms with Gasteiger partial charge >= 0.3 is 5.97 Å². The minimum Gasteiger partial charge on any atom is -0.478 e. The van der Waals surface area contributed by atoms with Crippen molar-refractivity contribution in [1.29, 1.82) is 5.26 Å². The Bertz CT molecular complexity index is 702. The first-order valence-electron chi connectivity index (χ1n) is 6.23. The molecule has 21 heavy (non-hydrogen) atoms. The number of nitriles is 1. The molecule has 1 aromatic carbocycles. The lowest BCUT2D eigenvalue weighted by atomic mass is 10.1. The molecule has 1 atom stereocenters. The van der Waals surface area contributed by atoms with Gasteiger partial charge in [0.25, 0.3) is 0 Å². The lowest BCUT2D eigenvalue weighted by molar-refractivity contribution is -0.131. The number of hydrogen-bond donors (Lipinski definition) is 2. The quantitative estimate of drug-likeness (QED) is 0.783. The third kappa shape index (κ3) is 4.61. The summed E-state index contributed by atoms with van der Waals surface area (Å²) >= 11 is 0.